The molecule has 2 unspecified atom stereocenters. The van der Waals surface area contributed by atoms with Crippen molar-refractivity contribution < 1.29 is 19.7 Å². The normalized spacial score (nSPS) is 12.6. The number of nitrogens with zero attached hydrogens (tertiary/aromatic N) is 6. The van der Waals surface area contributed by atoms with Gasteiger partial charge in [-0.2, -0.15) is 0 Å². The maximum absolute atomic E-state index is 15.7. The van der Waals surface area contributed by atoms with E-state index in [0.717, 1.165) is 121 Å². The summed E-state index contributed by atoms with van der Waals surface area (Å²) in [6, 6.07) is 25.1. The summed E-state index contributed by atoms with van der Waals surface area (Å²) in [5, 5.41) is 54.0. The molecule has 3 aromatic carbocycles. The fourth-order valence-electron chi connectivity index (χ4n) is 9.71. The minimum Gasteiger partial charge on any atom is -0.462 e. The van der Waals surface area contributed by atoms with Crippen LogP contribution in [0.25, 0.3) is 31.7 Å². The van der Waals surface area contributed by atoms with E-state index in [9.17, 15) is 10.2 Å². The van der Waals surface area contributed by atoms with Crippen molar-refractivity contribution in [3.8, 4) is 31.7 Å². The van der Waals surface area contributed by atoms with Crippen molar-refractivity contribution in [2.45, 2.75) is 206 Å². The van der Waals surface area contributed by atoms with Crippen molar-refractivity contribution in [3.63, 3.8) is 0 Å². The molecule has 3 aromatic heterocycles. The Morgan fingerprint density at radius 2 is 0.833 bits per heavy atom. The minimum atomic E-state index is -1.37. The Balaban J connectivity index is 1.43. The number of esters is 1. The van der Waals surface area contributed by atoms with Gasteiger partial charge < -0.3 is 14.9 Å². The number of aliphatic hydroxyl groups is 2. The summed E-state index contributed by atoms with van der Waals surface area (Å²) in [5.74, 6) is -0.867. The molecule has 0 amide bonds. The zero-order valence-electron chi connectivity index (χ0n) is 43.8. The molecular weight excluding hydrogens is 953 g/mol. The van der Waals surface area contributed by atoms with Gasteiger partial charge in [-0.3, -0.25) is 4.79 Å². The number of aromatic nitrogens is 6. The Hall–Kier alpha value is -4.27. The van der Waals surface area contributed by atoms with Gasteiger partial charge in [0, 0.05) is 41.9 Å². The number of ether oxygens (including phenoxy) is 1. The molecule has 72 heavy (non-hydrogen) atoms. The van der Waals surface area contributed by atoms with Gasteiger partial charge in [-0.15, -0.1) is 30.6 Å². The van der Waals surface area contributed by atoms with Crippen LogP contribution in [-0.2, 0) is 34.2 Å². The molecule has 3 heterocycles. The topological polar surface area (TPSA) is 144 Å². The van der Waals surface area contributed by atoms with Gasteiger partial charge in [0.25, 0.3) is 0 Å². The first kappa shape index (κ1) is 57.0. The van der Waals surface area contributed by atoms with Crippen LogP contribution in [0, 0.1) is 0 Å². The van der Waals surface area contributed by atoms with Gasteiger partial charge in [0.05, 0.1) is 6.61 Å². The molecule has 0 saturated heterocycles. The first-order valence-electron chi connectivity index (χ1n) is 27.6. The summed E-state index contributed by atoms with van der Waals surface area (Å²) in [5.41, 5.74) is 4.05. The number of hydrogen-bond acceptors (Lipinski definition) is 13. The van der Waals surface area contributed by atoms with Crippen molar-refractivity contribution >= 4 is 40.0 Å². The molecule has 0 aliphatic rings. The second-order valence-corrected chi connectivity index (χ2v) is 22.8. The fourth-order valence-corrected chi connectivity index (χ4v) is 12.4. The van der Waals surface area contributed by atoms with Crippen LogP contribution in [0.15, 0.2) is 72.8 Å². The van der Waals surface area contributed by atoms with Crippen molar-refractivity contribution in [2.75, 3.05) is 13.2 Å². The van der Waals surface area contributed by atoms with Crippen molar-refractivity contribution in [3.05, 3.63) is 105 Å². The SMILES string of the molecule is CCCCCCCCC(c1ccc(-c2nnc(CCCCCCC)s2)cc1)C(C(=O)OCC(O)CO)(c1ccc(-c2nnc(CCCCCCC)s2)cc1)c1ccc(-c2nnc(CCCCCCC)s2)cc1. The summed E-state index contributed by atoms with van der Waals surface area (Å²) in [6.45, 7) is 8.08. The maximum Gasteiger partial charge on any atom is 0.321 e. The summed E-state index contributed by atoms with van der Waals surface area (Å²) in [6.07, 6.45) is 26.9. The minimum absolute atomic E-state index is 0.341. The lowest BCUT2D eigenvalue weighted by Gasteiger charge is -2.40. The molecule has 6 rings (SSSR count). The van der Waals surface area contributed by atoms with Crippen LogP contribution < -0.4 is 0 Å². The van der Waals surface area contributed by atoms with E-state index in [1.54, 1.807) is 34.0 Å². The molecule has 13 heteroatoms. The standard InChI is InChI=1S/C59H82N6O4S3/c1-5-9-13-17-21-22-26-51(44-30-32-45(33-31-44)55-63-60-52(70-55)27-23-18-14-10-6-2)59(58(68)69-43-50(67)42-66,48-38-34-46(35-39-48)56-64-61-53(71-56)28-24-19-15-11-7-3)49-40-36-47(37-41-49)57-65-62-54(72-57)29-25-20-16-12-8-4/h30-41,50-51,66-67H,5-29,42-43H2,1-4H3. The highest BCUT2D eigenvalue weighted by atomic mass is 32.1. The van der Waals surface area contributed by atoms with Crippen molar-refractivity contribution in [2.24, 2.45) is 0 Å². The van der Waals surface area contributed by atoms with E-state index in [2.05, 4.69) is 131 Å². The van der Waals surface area contributed by atoms with E-state index in [-0.39, 0.29) is 12.5 Å². The van der Waals surface area contributed by atoms with E-state index in [4.69, 9.17) is 4.74 Å². The average Bonchev–Trinajstić information content (AvgIpc) is 4.22. The fraction of sp³-hybridized carbons (Fsp3) is 0.576. The van der Waals surface area contributed by atoms with Crippen molar-refractivity contribution in [1.29, 1.82) is 0 Å². The van der Waals surface area contributed by atoms with Crippen LogP contribution in [0.4, 0.5) is 0 Å². The Morgan fingerprint density at radius 3 is 1.21 bits per heavy atom. The van der Waals surface area contributed by atoms with Crippen LogP contribution in [0.5, 0.6) is 0 Å². The molecule has 0 fully saturated rings. The van der Waals surface area contributed by atoms with Gasteiger partial charge in [0.1, 0.15) is 48.2 Å². The maximum atomic E-state index is 15.7. The Morgan fingerprint density at radius 1 is 0.486 bits per heavy atom. The highest BCUT2D eigenvalue weighted by Crippen LogP contribution is 2.50. The molecule has 0 bridgehead atoms. The van der Waals surface area contributed by atoms with E-state index in [1.807, 2.05) is 0 Å². The number of hydrogen-bond donors (Lipinski definition) is 2. The van der Waals surface area contributed by atoms with Gasteiger partial charge in [-0.25, -0.2) is 0 Å². The zero-order valence-corrected chi connectivity index (χ0v) is 46.2. The molecule has 6 aromatic rings. The first-order valence-corrected chi connectivity index (χ1v) is 30.0. The summed E-state index contributed by atoms with van der Waals surface area (Å²) < 4.78 is 6.23. The van der Waals surface area contributed by atoms with Crippen LogP contribution in [-0.4, -0.2) is 66.1 Å². The number of carbonyl (C=O) groups excluding carboxylic acids is 1. The lowest BCUT2D eigenvalue weighted by Crippen LogP contribution is -2.45. The van der Waals surface area contributed by atoms with E-state index >= 15 is 4.79 Å². The predicted molar refractivity (Wildman–Crippen MR) is 299 cm³/mol. The molecule has 390 valence electrons. The smallest absolute Gasteiger partial charge is 0.321 e. The third kappa shape index (κ3) is 16.6. The Kier molecular flexibility index (Phi) is 24.9. The first-order chi connectivity index (χ1) is 35.3. The van der Waals surface area contributed by atoms with E-state index < -0.39 is 24.1 Å². The highest BCUT2D eigenvalue weighted by Gasteiger charge is 2.51. The third-order valence-corrected chi connectivity index (χ3v) is 17.0. The molecule has 10 nitrogen and oxygen atoms in total. The third-order valence-electron chi connectivity index (χ3n) is 13.9. The molecule has 0 aliphatic heterocycles. The molecule has 0 spiro atoms. The number of aryl methyl sites for hydroxylation is 3. The number of unbranched alkanes of at least 4 members (excludes halogenated alkanes) is 17. The molecular formula is C59H82N6O4S3. The zero-order chi connectivity index (χ0) is 50.8. The average molecular weight is 1040 g/mol. The molecule has 2 N–H and O–H groups in total. The monoisotopic (exact) mass is 1030 g/mol. The Labute approximate surface area is 442 Å². The second kappa shape index (κ2) is 31.5. The number of benzene rings is 3. The van der Waals surface area contributed by atoms with Gasteiger partial charge in [-0.1, -0.05) is 250 Å². The molecule has 0 saturated carbocycles. The van der Waals surface area contributed by atoms with Crippen LogP contribution in [0.3, 0.4) is 0 Å². The van der Waals surface area contributed by atoms with E-state index in [1.165, 1.54) is 96.3 Å². The molecule has 2 atom stereocenters. The second-order valence-electron chi connectivity index (χ2n) is 19.6. The van der Waals surface area contributed by atoms with Gasteiger partial charge in [-0.05, 0) is 42.4 Å². The van der Waals surface area contributed by atoms with Crippen LogP contribution >= 0.6 is 34.0 Å². The van der Waals surface area contributed by atoms with Gasteiger partial charge >= 0.3 is 5.97 Å². The number of rotatable bonds is 36. The highest BCUT2D eigenvalue weighted by molar-refractivity contribution is 7.15. The lowest BCUT2D eigenvalue weighted by atomic mass is 9.61. The van der Waals surface area contributed by atoms with Crippen molar-refractivity contribution in [1.82, 2.24) is 30.6 Å². The van der Waals surface area contributed by atoms with Crippen LogP contribution in [0.2, 0.25) is 0 Å². The van der Waals surface area contributed by atoms with Crippen LogP contribution in [0.1, 0.15) is 207 Å². The summed E-state index contributed by atoms with van der Waals surface area (Å²) in [7, 11) is 0. The predicted octanol–water partition coefficient (Wildman–Crippen LogP) is 15.5. The van der Waals surface area contributed by atoms with Gasteiger partial charge in [0.15, 0.2) is 0 Å². The number of carbonyl (C=O) groups is 1. The summed E-state index contributed by atoms with van der Waals surface area (Å²) in [4.78, 5) is 15.7. The van der Waals surface area contributed by atoms with E-state index in [0.29, 0.717) is 6.42 Å². The Bertz CT molecular complexity index is 2320. The largest absolute Gasteiger partial charge is 0.462 e. The number of aliphatic hydroxyl groups excluding tert-OH is 2. The quantitative estimate of drug-likeness (QED) is 0.0288. The molecule has 0 radical (unpaired) electrons. The summed E-state index contributed by atoms with van der Waals surface area (Å²) >= 11 is 4.93. The molecule has 0 aliphatic carbocycles. The lowest BCUT2D eigenvalue weighted by molar-refractivity contribution is -0.153. The van der Waals surface area contributed by atoms with Gasteiger partial charge in [0.2, 0.25) is 0 Å².